The van der Waals surface area contributed by atoms with E-state index >= 15 is 0 Å². The molecule has 0 saturated heterocycles. The molecule has 3 aromatic rings. The summed E-state index contributed by atoms with van der Waals surface area (Å²) in [6, 6.07) is 20.7. The van der Waals surface area contributed by atoms with Gasteiger partial charge in [0.2, 0.25) is 5.91 Å². The van der Waals surface area contributed by atoms with Crippen molar-refractivity contribution in [2.24, 2.45) is 0 Å². The number of carbonyl (C=O) groups excluding carboxylic acids is 1. The fraction of sp³-hybridized carbons (Fsp3) is 0.136. The minimum atomic E-state index is -0.333. The number of halogens is 2. The van der Waals surface area contributed by atoms with Crippen LogP contribution < -0.4 is 15.4 Å². The second-order valence-corrected chi connectivity index (χ2v) is 6.61. The van der Waals surface area contributed by atoms with Crippen molar-refractivity contribution in [3.05, 3.63) is 89.2 Å². The average Bonchev–Trinajstić information content (AvgIpc) is 2.70. The van der Waals surface area contributed by atoms with Gasteiger partial charge < -0.3 is 15.4 Å². The lowest BCUT2D eigenvalue weighted by molar-refractivity contribution is -0.115. The highest BCUT2D eigenvalue weighted by atomic mass is 35.5. The van der Waals surface area contributed by atoms with Crippen molar-refractivity contribution in [1.29, 1.82) is 0 Å². The van der Waals surface area contributed by atoms with Gasteiger partial charge in [-0.05, 0) is 66.2 Å². The molecule has 28 heavy (non-hydrogen) atoms. The van der Waals surface area contributed by atoms with Gasteiger partial charge >= 0.3 is 0 Å². The zero-order chi connectivity index (χ0) is 19.8. The van der Waals surface area contributed by atoms with E-state index in [0.29, 0.717) is 30.3 Å². The van der Waals surface area contributed by atoms with Crippen molar-refractivity contribution in [2.45, 2.75) is 13.0 Å². The molecule has 3 aromatic carbocycles. The second-order valence-electron chi connectivity index (χ2n) is 6.17. The first-order valence-corrected chi connectivity index (χ1v) is 9.23. The van der Waals surface area contributed by atoms with E-state index in [9.17, 15) is 9.18 Å². The Morgan fingerprint density at radius 3 is 2.21 bits per heavy atom. The number of carbonyl (C=O) groups is 1. The van der Waals surface area contributed by atoms with Crippen molar-refractivity contribution >= 4 is 28.9 Å². The number of hydrogen-bond donors (Lipinski definition) is 2. The monoisotopic (exact) mass is 398 g/mol. The highest BCUT2D eigenvalue weighted by Gasteiger charge is 2.03. The summed E-state index contributed by atoms with van der Waals surface area (Å²) in [6.45, 7) is 0.950. The summed E-state index contributed by atoms with van der Waals surface area (Å²) in [4.78, 5) is 11.9. The smallest absolute Gasteiger partial charge is 0.226 e. The van der Waals surface area contributed by atoms with Gasteiger partial charge in [-0.1, -0.05) is 23.7 Å². The zero-order valence-electron chi connectivity index (χ0n) is 15.1. The molecule has 0 aromatic heterocycles. The number of ether oxygens (including phenoxy) is 1. The molecule has 2 N–H and O–H groups in total. The first-order valence-electron chi connectivity index (χ1n) is 8.85. The van der Waals surface area contributed by atoms with E-state index in [2.05, 4.69) is 10.6 Å². The molecule has 0 unspecified atom stereocenters. The zero-order valence-corrected chi connectivity index (χ0v) is 15.9. The Morgan fingerprint density at radius 2 is 1.54 bits per heavy atom. The van der Waals surface area contributed by atoms with Crippen LogP contribution in [0.5, 0.6) is 5.75 Å². The van der Waals surface area contributed by atoms with Crippen LogP contribution in [0.3, 0.4) is 0 Å². The van der Waals surface area contributed by atoms with E-state index in [4.69, 9.17) is 16.3 Å². The summed E-state index contributed by atoms with van der Waals surface area (Å²) in [7, 11) is 0. The maximum atomic E-state index is 12.9. The fourth-order valence-electron chi connectivity index (χ4n) is 2.49. The molecule has 4 nitrogen and oxygen atoms in total. The highest BCUT2D eigenvalue weighted by Crippen LogP contribution is 2.18. The maximum Gasteiger partial charge on any atom is 0.226 e. The molecule has 6 heteroatoms. The largest absolute Gasteiger partial charge is 0.489 e. The Kier molecular flexibility index (Phi) is 6.87. The standard InChI is InChI=1S/C22H20ClFN2O2/c23-17-3-1-16(2-4-17)15-28-21-11-9-19(10-12-21)25-14-13-22(27)26-20-7-5-18(24)6-8-20/h1-12,25H,13-15H2,(H,26,27). The Bertz CT molecular complexity index is 897. The van der Waals surface area contributed by atoms with E-state index in [0.717, 1.165) is 17.0 Å². The van der Waals surface area contributed by atoms with Gasteiger partial charge in [0.05, 0.1) is 0 Å². The van der Waals surface area contributed by atoms with Gasteiger partial charge in [-0.3, -0.25) is 4.79 Å². The number of hydrogen-bond acceptors (Lipinski definition) is 3. The molecule has 3 rings (SSSR count). The lowest BCUT2D eigenvalue weighted by Gasteiger charge is -2.10. The molecule has 0 bridgehead atoms. The molecule has 0 heterocycles. The van der Waals surface area contributed by atoms with Crippen LogP contribution in [-0.2, 0) is 11.4 Å². The Hall–Kier alpha value is -3.05. The lowest BCUT2D eigenvalue weighted by atomic mass is 10.2. The molecule has 144 valence electrons. The summed E-state index contributed by atoms with van der Waals surface area (Å²) in [5.41, 5.74) is 2.51. The summed E-state index contributed by atoms with van der Waals surface area (Å²) < 4.78 is 18.6. The van der Waals surface area contributed by atoms with Crippen LogP contribution >= 0.6 is 11.6 Å². The number of benzene rings is 3. The van der Waals surface area contributed by atoms with Crippen molar-refractivity contribution in [2.75, 3.05) is 17.2 Å². The van der Waals surface area contributed by atoms with Gasteiger partial charge in [0.1, 0.15) is 18.2 Å². The Morgan fingerprint density at radius 1 is 0.893 bits per heavy atom. The van der Waals surface area contributed by atoms with Crippen LogP contribution in [0.1, 0.15) is 12.0 Å². The third-order valence-electron chi connectivity index (χ3n) is 3.98. The normalized spacial score (nSPS) is 10.4. The summed E-state index contributed by atoms with van der Waals surface area (Å²) in [5, 5.41) is 6.61. The molecule has 0 aliphatic heterocycles. The molecule has 0 aliphatic carbocycles. The van der Waals surface area contributed by atoms with Crippen LogP contribution in [0.2, 0.25) is 5.02 Å². The van der Waals surface area contributed by atoms with Gasteiger partial charge in [0, 0.05) is 29.4 Å². The SMILES string of the molecule is O=C(CCNc1ccc(OCc2ccc(Cl)cc2)cc1)Nc1ccc(F)cc1. The summed E-state index contributed by atoms with van der Waals surface area (Å²) in [6.07, 6.45) is 0.298. The minimum absolute atomic E-state index is 0.137. The highest BCUT2D eigenvalue weighted by molar-refractivity contribution is 6.30. The van der Waals surface area contributed by atoms with Gasteiger partial charge in [-0.15, -0.1) is 0 Å². The quantitative estimate of drug-likeness (QED) is 0.526. The lowest BCUT2D eigenvalue weighted by Crippen LogP contribution is -2.16. The van der Waals surface area contributed by atoms with E-state index in [1.165, 1.54) is 24.3 Å². The molecule has 0 spiro atoms. The topological polar surface area (TPSA) is 50.4 Å². The first-order chi connectivity index (χ1) is 13.6. The predicted molar refractivity (Wildman–Crippen MR) is 110 cm³/mol. The summed E-state index contributed by atoms with van der Waals surface area (Å²) >= 11 is 5.87. The molecular formula is C22H20ClFN2O2. The number of nitrogens with one attached hydrogen (secondary N) is 2. The van der Waals surface area contributed by atoms with Crippen molar-refractivity contribution < 1.29 is 13.9 Å². The van der Waals surface area contributed by atoms with Crippen LogP contribution in [0.4, 0.5) is 15.8 Å². The molecule has 0 saturated carbocycles. The van der Waals surface area contributed by atoms with Gasteiger partial charge in [0.15, 0.2) is 0 Å². The summed E-state index contributed by atoms with van der Waals surface area (Å²) in [5.74, 6) is 0.289. The molecule has 0 aliphatic rings. The minimum Gasteiger partial charge on any atom is -0.489 e. The van der Waals surface area contributed by atoms with E-state index in [1.54, 1.807) is 0 Å². The van der Waals surface area contributed by atoms with Crippen molar-refractivity contribution in [1.82, 2.24) is 0 Å². The number of rotatable bonds is 8. The van der Waals surface area contributed by atoms with Crippen LogP contribution in [0, 0.1) is 5.82 Å². The van der Waals surface area contributed by atoms with E-state index in [-0.39, 0.29) is 11.7 Å². The Balaban J connectivity index is 1.39. The first kappa shape index (κ1) is 19.7. The molecule has 0 atom stereocenters. The average molecular weight is 399 g/mol. The molecular weight excluding hydrogens is 379 g/mol. The van der Waals surface area contributed by atoms with Gasteiger partial charge in [-0.25, -0.2) is 4.39 Å². The van der Waals surface area contributed by atoms with Crippen LogP contribution in [-0.4, -0.2) is 12.5 Å². The van der Waals surface area contributed by atoms with Gasteiger partial charge in [0.25, 0.3) is 0 Å². The van der Waals surface area contributed by atoms with Crippen LogP contribution in [0.15, 0.2) is 72.8 Å². The van der Waals surface area contributed by atoms with Crippen LogP contribution in [0.25, 0.3) is 0 Å². The van der Waals surface area contributed by atoms with E-state index < -0.39 is 0 Å². The fourth-order valence-corrected chi connectivity index (χ4v) is 2.62. The predicted octanol–water partition coefficient (Wildman–Crippen LogP) is 5.50. The molecule has 0 radical (unpaired) electrons. The van der Waals surface area contributed by atoms with E-state index in [1.807, 2.05) is 48.5 Å². The molecule has 1 amide bonds. The van der Waals surface area contributed by atoms with Crippen molar-refractivity contribution in [3.63, 3.8) is 0 Å². The number of anilines is 2. The molecule has 0 fully saturated rings. The maximum absolute atomic E-state index is 12.9. The number of amides is 1. The second kappa shape index (κ2) is 9.76. The van der Waals surface area contributed by atoms with Gasteiger partial charge in [-0.2, -0.15) is 0 Å². The third kappa shape index (κ3) is 6.28. The Labute approximate surface area is 168 Å². The van der Waals surface area contributed by atoms with Crippen molar-refractivity contribution in [3.8, 4) is 5.75 Å². The third-order valence-corrected chi connectivity index (χ3v) is 4.23.